The van der Waals surface area contributed by atoms with Crippen LogP contribution in [0.3, 0.4) is 0 Å². The molecule has 0 fully saturated rings. The van der Waals surface area contributed by atoms with Crippen molar-refractivity contribution < 1.29 is 9.32 Å². The van der Waals surface area contributed by atoms with Gasteiger partial charge in [-0.3, -0.25) is 4.79 Å². The number of hydrogen-bond donors (Lipinski definition) is 1. The average Bonchev–Trinajstić information content (AvgIpc) is 3.13. The average molecular weight is 298 g/mol. The van der Waals surface area contributed by atoms with E-state index in [4.69, 9.17) is 4.52 Å². The second-order valence-corrected chi connectivity index (χ2v) is 5.95. The van der Waals surface area contributed by atoms with Crippen LogP contribution in [0, 0.1) is 0 Å². The second kappa shape index (κ2) is 6.77. The molecule has 0 bridgehead atoms. The van der Waals surface area contributed by atoms with Gasteiger partial charge in [0.15, 0.2) is 5.76 Å². The van der Waals surface area contributed by atoms with Crippen LogP contribution in [0.2, 0.25) is 0 Å². The first kappa shape index (κ1) is 14.8. The summed E-state index contributed by atoms with van der Waals surface area (Å²) in [4.78, 5) is 12.1. The predicted molar refractivity (Wildman–Crippen MR) is 84.5 cm³/mol. The molecule has 0 spiro atoms. The highest BCUT2D eigenvalue weighted by Gasteiger charge is 2.24. The number of nitrogens with zero attached hydrogens (tertiary/aromatic N) is 1. The highest BCUT2D eigenvalue weighted by molar-refractivity contribution is 5.77. The number of hydrogen-bond acceptors (Lipinski definition) is 3. The molecule has 0 radical (unpaired) electrons. The van der Waals surface area contributed by atoms with E-state index in [0.29, 0.717) is 18.9 Å². The molecule has 3 rings (SSSR count). The molecule has 4 heteroatoms. The van der Waals surface area contributed by atoms with Gasteiger partial charge in [0, 0.05) is 12.5 Å². The van der Waals surface area contributed by atoms with Gasteiger partial charge in [0.05, 0.1) is 12.2 Å². The van der Waals surface area contributed by atoms with Crippen LogP contribution in [0.5, 0.6) is 0 Å². The van der Waals surface area contributed by atoms with Crippen molar-refractivity contribution in [1.82, 2.24) is 10.5 Å². The van der Waals surface area contributed by atoms with Crippen molar-refractivity contribution in [2.24, 2.45) is 0 Å². The number of carbonyl (C=O) groups excluding carboxylic acids is 1. The molecular weight excluding hydrogens is 276 g/mol. The minimum Gasteiger partial charge on any atom is -0.359 e. The van der Waals surface area contributed by atoms with E-state index in [0.717, 1.165) is 37.1 Å². The number of amides is 1. The fourth-order valence-electron chi connectivity index (χ4n) is 3.15. The number of benzene rings is 1. The molecule has 4 nitrogen and oxygen atoms in total. The lowest BCUT2D eigenvalue weighted by Crippen LogP contribution is -2.24. The smallest absolute Gasteiger partial charge is 0.220 e. The fourth-order valence-corrected chi connectivity index (χ4v) is 3.15. The summed E-state index contributed by atoms with van der Waals surface area (Å²) >= 11 is 0. The van der Waals surface area contributed by atoms with Crippen LogP contribution in [0.4, 0.5) is 0 Å². The van der Waals surface area contributed by atoms with Gasteiger partial charge in [-0.25, -0.2) is 0 Å². The van der Waals surface area contributed by atoms with Gasteiger partial charge in [-0.15, -0.1) is 0 Å². The van der Waals surface area contributed by atoms with E-state index >= 15 is 0 Å². The zero-order valence-electron chi connectivity index (χ0n) is 13.0. The van der Waals surface area contributed by atoms with E-state index in [1.165, 1.54) is 11.1 Å². The highest BCUT2D eigenvalue weighted by Crippen LogP contribution is 2.35. The van der Waals surface area contributed by atoms with E-state index in [2.05, 4.69) is 41.7 Å². The number of carbonyl (C=O) groups is 1. The van der Waals surface area contributed by atoms with Crippen LogP contribution in [-0.4, -0.2) is 11.1 Å². The molecule has 0 unspecified atom stereocenters. The Balaban J connectivity index is 1.51. The van der Waals surface area contributed by atoms with Gasteiger partial charge in [-0.05, 0) is 36.3 Å². The lowest BCUT2D eigenvalue weighted by molar-refractivity contribution is -0.121. The monoisotopic (exact) mass is 298 g/mol. The fraction of sp³-hybridized carbons (Fsp3) is 0.444. The summed E-state index contributed by atoms with van der Waals surface area (Å²) in [5, 5.41) is 6.93. The Morgan fingerprint density at radius 1 is 1.41 bits per heavy atom. The summed E-state index contributed by atoms with van der Waals surface area (Å²) in [6.45, 7) is 2.53. The number of rotatable bonds is 6. The first-order valence-electron chi connectivity index (χ1n) is 8.05. The molecule has 0 aliphatic heterocycles. The third-order valence-electron chi connectivity index (χ3n) is 4.26. The van der Waals surface area contributed by atoms with Crippen LogP contribution in [0.1, 0.15) is 54.7 Å². The number of nitrogens with one attached hydrogen (secondary N) is 1. The van der Waals surface area contributed by atoms with Gasteiger partial charge >= 0.3 is 0 Å². The largest absolute Gasteiger partial charge is 0.359 e. The van der Waals surface area contributed by atoms with Crippen LogP contribution >= 0.6 is 0 Å². The van der Waals surface area contributed by atoms with Crippen LogP contribution in [0.25, 0.3) is 0 Å². The van der Waals surface area contributed by atoms with Crippen LogP contribution in [0.15, 0.2) is 34.9 Å². The van der Waals surface area contributed by atoms with Gasteiger partial charge in [0.25, 0.3) is 0 Å². The molecule has 0 saturated carbocycles. The minimum atomic E-state index is 0.0788. The topological polar surface area (TPSA) is 55.1 Å². The maximum Gasteiger partial charge on any atom is 0.220 e. The summed E-state index contributed by atoms with van der Waals surface area (Å²) < 4.78 is 5.23. The Kier molecular flexibility index (Phi) is 4.56. The van der Waals surface area contributed by atoms with Gasteiger partial charge in [-0.1, -0.05) is 42.8 Å². The van der Waals surface area contributed by atoms with E-state index in [9.17, 15) is 4.79 Å². The third-order valence-corrected chi connectivity index (χ3v) is 4.26. The van der Waals surface area contributed by atoms with E-state index in [1.54, 1.807) is 0 Å². The number of aromatic nitrogens is 1. The summed E-state index contributed by atoms with van der Waals surface area (Å²) in [7, 11) is 0. The third kappa shape index (κ3) is 3.38. The molecule has 1 aromatic heterocycles. The lowest BCUT2D eigenvalue weighted by atomic mass is 9.97. The molecule has 22 heavy (non-hydrogen) atoms. The molecule has 1 aliphatic rings. The summed E-state index contributed by atoms with van der Waals surface area (Å²) in [6.07, 6.45) is 4.65. The zero-order chi connectivity index (χ0) is 15.4. The molecular formula is C18H22N2O2. The van der Waals surface area contributed by atoms with Crippen molar-refractivity contribution in [3.8, 4) is 0 Å². The van der Waals surface area contributed by atoms with Crippen molar-refractivity contribution in [1.29, 1.82) is 0 Å². The Labute approximate surface area is 130 Å². The van der Waals surface area contributed by atoms with Crippen molar-refractivity contribution in [3.63, 3.8) is 0 Å². The SMILES string of the molecule is CCCc1cc(CNC(=O)C[C@@H]2CCc3ccccc32)on1. The van der Waals surface area contributed by atoms with E-state index in [1.807, 2.05) is 6.07 Å². The van der Waals surface area contributed by atoms with Gasteiger partial charge < -0.3 is 9.84 Å². The Bertz CT molecular complexity index is 648. The highest BCUT2D eigenvalue weighted by atomic mass is 16.5. The van der Waals surface area contributed by atoms with Crippen molar-refractivity contribution >= 4 is 5.91 Å². The van der Waals surface area contributed by atoms with Crippen LogP contribution < -0.4 is 5.32 Å². The lowest BCUT2D eigenvalue weighted by Gasteiger charge is -2.11. The quantitative estimate of drug-likeness (QED) is 0.889. The van der Waals surface area contributed by atoms with Crippen LogP contribution in [-0.2, 0) is 24.2 Å². The molecule has 2 aromatic rings. The molecule has 0 saturated heterocycles. The predicted octanol–water partition coefficient (Wildman–Crippen LogP) is 3.36. The Hall–Kier alpha value is -2.10. The van der Waals surface area contributed by atoms with Gasteiger partial charge in [-0.2, -0.15) is 0 Å². The first-order chi connectivity index (χ1) is 10.8. The second-order valence-electron chi connectivity index (χ2n) is 5.95. The number of aryl methyl sites for hydroxylation is 2. The molecule has 1 aromatic carbocycles. The molecule has 1 atom stereocenters. The maximum absolute atomic E-state index is 12.1. The molecule has 1 heterocycles. The zero-order valence-corrected chi connectivity index (χ0v) is 13.0. The number of fused-ring (bicyclic) bond motifs is 1. The summed E-state index contributed by atoms with van der Waals surface area (Å²) in [5.41, 5.74) is 3.68. The maximum atomic E-state index is 12.1. The van der Waals surface area contributed by atoms with Gasteiger partial charge in [0.2, 0.25) is 5.91 Å². The Morgan fingerprint density at radius 2 is 2.27 bits per heavy atom. The minimum absolute atomic E-state index is 0.0788. The first-order valence-corrected chi connectivity index (χ1v) is 8.05. The van der Waals surface area contributed by atoms with E-state index < -0.39 is 0 Å². The van der Waals surface area contributed by atoms with Crippen molar-refractivity contribution in [3.05, 3.63) is 52.9 Å². The van der Waals surface area contributed by atoms with E-state index in [-0.39, 0.29) is 5.91 Å². The summed E-state index contributed by atoms with van der Waals surface area (Å²) in [5.74, 6) is 1.15. The molecule has 116 valence electrons. The molecule has 1 amide bonds. The Morgan fingerprint density at radius 3 is 3.14 bits per heavy atom. The molecule has 1 aliphatic carbocycles. The normalized spacial score (nSPS) is 16.5. The molecule has 1 N–H and O–H groups in total. The van der Waals surface area contributed by atoms with Crippen molar-refractivity contribution in [2.75, 3.05) is 0 Å². The van der Waals surface area contributed by atoms with Crippen molar-refractivity contribution in [2.45, 2.75) is 51.5 Å². The standard InChI is InChI=1S/C18H22N2O2/c1-2-5-15-11-16(22-20-15)12-19-18(21)10-14-9-8-13-6-3-4-7-17(13)14/h3-4,6-7,11,14H,2,5,8-10,12H2,1H3,(H,19,21)/t14-/m0/s1. The summed E-state index contributed by atoms with van der Waals surface area (Å²) in [6, 6.07) is 10.4. The van der Waals surface area contributed by atoms with Gasteiger partial charge in [0.1, 0.15) is 0 Å².